The zero-order valence-electron chi connectivity index (χ0n) is 9.15. The van der Waals surface area contributed by atoms with Crippen LogP contribution in [0.5, 0.6) is 0 Å². The molecule has 15 heavy (non-hydrogen) atoms. The zero-order chi connectivity index (χ0) is 10.9. The molecule has 0 atom stereocenters. The molecule has 0 fully saturated rings. The molecule has 1 rings (SSSR count). The van der Waals surface area contributed by atoms with Crippen LogP contribution in [0.4, 0.5) is 0 Å². The number of benzene rings is 1. The maximum Gasteiger partial charge on any atom is 0.0740 e. The lowest BCUT2D eigenvalue weighted by Crippen LogP contribution is -1.85. The second-order valence-corrected chi connectivity index (χ2v) is 4.59. The molecule has 0 amide bonds. The number of aliphatic hydroxyl groups excluding tert-OH is 1. The van der Waals surface area contributed by atoms with Gasteiger partial charge in [0.1, 0.15) is 0 Å². The van der Waals surface area contributed by atoms with Crippen LogP contribution in [0.15, 0.2) is 46.2 Å². The summed E-state index contributed by atoms with van der Waals surface area (Å²) in [5, 5.41) is 9.20. The molecule has 1 N–H and O–H groups in total. The van der Waals surface area contributed by atoms with Crippen LogP contribution in [0.3, 0.4) is 0 Å². The SMILES string of the molecule is CCCC/C=C(\CO)Sc1ccccc1. The van der Waals surface area contributed by atoms with Crippen molar-refractivity contribution in [2.45, 2.75) is 31.1 Å². The van der Waals surface area contributed by atoms with E-state index in [2.05, 4.69) is 25.1 Å². The Kier molecular flexibility index (Phi) is 6.21. The minimum atomic E-state index is 0.142. The van der Waals surface area contributed by atoms with Crippen molar-refractivity contribution in [1.82, 2.24) is 0 Å². The molecule has 0 unspecified atom stereocenters. The number of thioether (sulfide) groups is 1. The van der Waals surface area contributed by atoms with Gasteiger partial charge >= 0.3 is 0 Å². The molecule has 0 saturated heterocycles. The third kappa shape index (κ3) is 5.05. The highest BCUT2D eigenvalue weighted by Gasteiger charge is 1.98. The highest BCUT2D eigenvalue weighted by atomic mass is 32.2. The Morgan fingerprint density at radius 1 is 1.33 bits per heavy atom. The minimum Gasteiger partial charge on any atom is -0.391 e. The van der Waals surface area contributed by atoms with Gasteiger partial charge in [0.15, 0.2) is 0 Å². The first-order valence-corrected chi connectivity index (χ1v) is 6.21. The molecule has 2 heteroatoms. The van der Waals surface area contributed by atoms with Crippen LogP contribution in [0.2, 0.25) is 0 Å². The molecule has 0 aliphatic carbocycles. The topological polar surface area (TPSA) is 20.2 Å². The van der Waals surface area contributed by atoms with Crippen LogP contribution in [0, 0.1) is 0 Å². The lowest BCUT2D eigenvalue weighted by molar-refractivity contribution is 0.339. The van der Waals surface area contributed by atoms with Crippen LogP contribution >= 0.6 is 11.8 Å². The van der Waals surface area contributed by atoms with Crippen LogP contribution in [-0.2, 0) is 0 Å². The van der Waals surface area contributed by atoms with E-state index in [1.165, 1.54) is 17.7 Å². The third-order valence-corrected chi connectivity index (χ3v) is 3.14. The van der Waals surface area contributed by atoms with Gasteiger partial charge in [-0.25, -0.2) is 0 Å². The van der Waals surface area contributed by atoms with Gasteiger partial charge < -0.3 is 5.11 Å². The molecule has 0 bridgehead atoms. The first-order valence-electron chi connectivity index (χ1n) is 5.39. The van der Waals surface area contributed by atoms with Crippen molar-refractivity contribution in [1.29, 1.82) is 0 Å². The Labute approximate surface area is 96.2 Å². The quantitative estimate of drug-likeness (QED) is 0.583. The van der Waals surface area contributed by atoms with Crippen LogP contribution in [0.25, 0.3) is 0 Å². The lowest BCUT2D eigenvalue weighted by atomic mass is 10.2. The van der Waals surface area contributed by atoms with E-state index in [1.54, 1.807) is 11.8 Å². The lowest BCUT2D eigenvalue weighted by Gasteiger charge is -2.03. The Morgan fingerprint density at radius 2 is 2.07 bits per heavy atom. The second kappa shape index (κ2) is 7.55. The summed E-state index contributed by atoms with van der Waals surface area (Å²) in [6, 6.07) is 10.2. The van der Waals surface area contributed by atoms with Crippen molar-refractivity contribution in [3.63, 3.8) is 0 Å². The summed E-state index contributed by atoms with van der Waals surface area (Å²) in [5.41, 5.74) is 0. The highest BCUT2D eigenvalue weighted by molar-refractivity contribution is 8.03. The van der Waals surface area contributed by atoms with Gasteiger partial charge in [-0.2, -0.15) is 0 Å². The van der Waals surface area contributed by atoms with Gasteiger partial charge in [-0.15, -0.1) is 0 Å². The summed E-state index contributed by atoms with van der Waals surface area (Å²) >= 11 is 1.65. The molecule has 1 nitrogen and oxygen atoms in total. The van der Waals surface area contributed by atoms with Crippen molar-refractivity contribution in [3.8, 4) is 0 Å². The molecule has 82 valence electrons. The van der Waals surface area contributed by atoms with E-state index >= 15 is 0 Å². The van der Waals surface area contributed by atoms with Crippen molar-refractivity contribution in [2.24, 2.45) is 0 Å². The number of aliphatic hydroxyl groups is 1. The fraction of sp³-hybridized carbons (Fsp3) is 0.385. The maximum atomic E-state index is 9.20. The van der Waals surface area contributed by atoms with Gasteiger partial charge in [0.05, 0.1) is 6.61 Å². The summed E-state index contributed by atoms with van der Waals surface area (Å²) in [6.45, 7) is 2.32. The average molecular weight is 222 g/mol. The molecule has 0 aliphatic rings. The molecule has 1 aromatic carbocycles. The van der Waals surface area contributed by atoms with Crippen LogP contribution in [-0.4, -0.2) is 11.7 Å². The van der Waals surface area contributed by atoms with Crippen molar-refractivity contribution >= 4 is 11.8 Å². The Balaban J connectivity index is 2.50. The van der Waals surface area contributed by atoms with Gasteiger partial charge in [-0.05, 0) is 18.6 Å². The number of allylic oxidation sites excluding steroid dienone is 1. The van der Waals surface area contributed by atoms with E-state index in [4.69, 9.17) is 0 Å². The first-order chi connectivity index (χ1) is 7.36. The molecule has 0 aliphatic heterocycles. The van der Waals surface area contributed by atoms with Gasteiger partial charge in [0, 0.05) is 9.80 Å². The zero-order valence-corrected chi connectivity index (χ0v) is 9.96. The largest absolute Gasteiger partial charge is 0.391 e. The van der Waals surface area contributed by atoms with Crippen LogP contribution in [0.1, 0.15) is 26.2 Å². The molecule has 0 spiro atoms. The molecular weight excluding hydrogens is 204 g/mol. The number of hydrogen-bond acceptors (Lipinski definition) is 2. The highest BCUT2D eigenvalue weighted by Crippen LogP contribution is 2.26. The van der Waals surface area contributed by atoms with E-state index in [-0.39, 0.29) is 6.61 Å². The average Bonchev–Trinajstić information content (AvgIpc) is 2.29. The van der Waals surface area contributed by atoms with Gasteiger partial charge in [-0.1, -0.05) is 55.8 Å². The van der Waals surface area contributed by atoms with Gasteiger partial charge in [0.2, 0.25) is 0 Å². The number of hydrogen-bond donors (Lipinski definition) is 1. The molecule has 0 aromatic heterocycles. The predicted molar refractivity (Wildman–Crippen MR) is 67.0 cm³/mol. The van der Waals surface area contributed by atoms with Gasteiger partial charge in [-0.3, -0.25) is 0 Å². The van der Waals surface area contributed by atoms with E-state index in [0.29, 0.717) is 0 Å². The summed E-state index contributed by atoms with van der Waals surface area (Å²) in [4.78, 5) is 2.24. The standard InChI is InChI=1S/C13H18OS/c1-2-3-5-10-13(11-14)15-12-8-6-4-7-9-12/h4,6-10,14H,2-3,5,11H2,1H3/b13-10+. The smallest absolute Gasteiger partial charge is 0.0740 e. The summed E-state index contributed by atoms with van der Waals surface area (Å²) in [5.74, 6) is 0. The normalized spacial score (nSPS) is 11.7. The van der Waals surface area contributed by atoms with Crippen molar-refractivity contribution in [2.75, 3.05) is 6.61 Å². The maximum absolute atomic E-state index is 9.20. The summed E-state index contributed by atoms with van der Waals surface area (Å²) in [7, 11) is 0. The Morgan fingerprint density at radius 3 is 2.67 bits per heavy atom. The second-order valence-electron chi connectivity index (χ2n) is 3.39. The van der Waals surface area contributed by atoms with E-state index < -0.39 is 0 Å². The van der Waals surface area contributed by atoms with Crippen LogP contribution < -0.4 is 0 Å². The minimum absolute atomic E-state index is 0.142. The number of rotatable bonds is 6. The van der Waals surface area contributed by atoms with E-state index in [9.17, 15) is 5.11 Å². The summed E-state index contributed by atoms with van der Waals surface area (Å²) in [6.07, 6.45) is 5.59. The summed E-state index contributed by atoms with van der Waals surface area (Å²) < 4.78 is 0. The van der Waals surface area contributed by atoms with Gasteiger partial charge in [0.25, 0.3) is 0 Å². The van der Waals surface area contributed by atoms with Crippen molar-refractivity contribution in [3.05, 3.63) is 41.3 Å². The monoisotopic (exact) mass is 222 g/mol. The fourth-order valence-corrected chi connectivity index (χ4v) is 2.11. The first kappa shape index (κ1) is 12.3. The fourth-order valence-electron chi connectivity index (χ4n) is 1.25. The Bertz CT molecular complexity index is 293. The van der Waals surface area contributed by atoms with E-state index in [1.807, 2.05) is 18.2 Å². The third-order valence-electron chi connectivity index (χ3n) is 2.08. The Hall–Kier alpha value is -0.730. The number of unbranched alkanes of at least 4 members (excludes halogenated alkanes) is 2. The molecule has 0 heterocycles. The predicted octanol–water partition coefficient (Wildman–Crippen LogP) is 3.85. The van der Waals surface area contributed by atoms with E-state index in [0.717, 1.165) is 11.3 Å². The molecular formula is C13H18OS. The van der Waals surface area contributed by atoms with Crippen molar-refractivity contribution < 1.29 is 5.11 Å². The molecule has 0 saturated carbocycles. The molecule has 1 aromatic rings. The molecule has 0 radical (unpaired) electrons.